The standard InChI is InChI=1S/C14H14BrFN2/c1-2-18-14(10-4-3-7-17-9-10)12-6-5-11(16)8-13(12)15/h3-9,14,18H,2H2,1H3. The van der Waals surface area contributed by atoms with E-state index in [2.05, 4.69) is 26.2 Å². The normalized spacial score (nSPS) is 12.4. The zero-order chi connectivity index (χ0) is 13.0. The second kappa shape index (κ2) is 6.07. The molecule has 2 aromatic rings. The van der Waals surface area contributed by atoms with E-state index in [0.29, 0.717) is 0 Å². The van der Waals surface area contributed by atoms with Crippen molar-refractivity contribution in [3.05, 3.63) is 64.1 Å². The van der Waals surface area contributed by atoms with Crippen LogP contribution >= 0.6 is 15.9 Å². The van der Waals surface area contributed by atoms with Crippen LogP contribution in [0.5, 0.6) is 0 Å². The molecule has 1 atom stereocenters. The van der Waals surface area contributed by atoms with Gasteiger partial charge in [-0.25, -0.2) is 4.39 Å². The minimum atomic E-state index is -0.243. The van der Waals surface area contributed by atoms with Crippen LogP contribution in [0.25, 0.3) is 0 Å². The lowest BCUT2D eigenvalue weighted by Gasteiger charge is -2.19. The summed E-state index contributed by atoms with van der Waals surface area (Å²) in [5.74, 6) is -0.243. The quantitative estimate of drug-likeness (QED) is 0.932. The lowest BCUT2D eigenvalue weighted by atomic mass is 10.00. The molecule has 2 rings (SSSR count). The molecule has 0 bridgehead atoms. The summed E-state index contributed by atoms with van der Waals surface area (Å²) in [5.41, 5.74) is 2.07. The van der Waals surface area contributed by atoms with E-state index in [1.807, 2.05) is 25.3 Å². The third kappa shape index (κ3) is 2.94. The smallest absolute Gasteiger partial charge is 0.124 e. The van der Waals surface area contributed by atoms with E-state index >= 15 is 0 Å². The number of benzene rings is 1. The molecule has 0 fully saturated rings. The lowest BCUT2D eigenvalue weighted by molar-refractivity contribution is 0.610. The Hall–Kier alpha value is -1.26. The number of aromatic nitrogens is 1. The monoisotopic (exact) mass is 308 g/mol. The lowest BCUT2D eigenvalue weighted by Crippen LogP contribution is -2.22. The van der Waals surface area contributed by atoms with E-state index in [-0.39, 0.29) is 11.9 Å². The third-order valence-electron chi connectivity index (χ3n) is 2.70. The summed E-state index contributed by atoms with van der Waals surface area (Å²) in [4.78, 5) is 4.13. The topological polar surface area (TPSA) is 24.9 Å². The summed E-state index contributed by atoms with van der Waals surface area (Å²) < 4.78 is 13.9. The number of halogens is 2. The number of hydrogen-bond acceptors (Lipinski definition) is 2. The van der Waals surface area contributed by atoms with E-state index in [0.717, 1.165) is 22.1 Å². The van der Waals surface area contributed by atoms with Crippen molar-refractivity contribution in [3.8, 4) is 0 Å². The van der Waals surface area contributed by atoms with Crippen molar-refractivity contribution in [2.45, 2.75) is 13.0 Å². The number of nitrogens with zero attached hydrogens (tertiary/aromatic N) is 1. The maximum Gasteiger partial charge on any atom is 0.124 e. The Morgan fingerprint density at radius 2 is 2.22 bits per heavy atom. The fourth-order valence-corrected chi connectivity index (χ4v) is 2.47. The van der Waals surface area contributed by atoms with Gasteiger partial charge in [-0.1, -0.05) is 35.0 Å². The Balaban J connectivity index is 2.41. The molecule has 1 N–H and O–H groups in total. The number of hydrogen-bond donors (Lipinski definition) is 1. The van der Waals surface area contributed by atoms with Gasteiger partial charge in [0.25, 0.3) is 0 Å². The van der Waals surface area contributed by atoms with Crippen LogP contribution in [0.1, 0.15) is 24.1 Å². The van der Waals surface area contributed by atoms with Crippen molar-refractivity contribution in [3.63, 3.8) is 0 Å². The Bertz CT molecular complexity index is 516. The minimum absolute atomic E-state index is 0.0127. The second-order valence-electron chi connectivity index (χ2n) is 3.94. The average Bonchev–Trinajstić information content (AvgIpc) is 2.38. The molecule has 94 valence electrons. The first-order chi connectivity index (χ1) is 8.72. The molecular formula is C14H14BrFN2. The van der Waals surface area contributed by atoms with Crippen LogP contribution in [-0.4, -0.2) is 11.5 Å². The van der Waals surface area contributed by atoms with Crippen LogP contribution in [-0.2, 0) is 0 Å². The molecule has 0 spiro atoms. The van der Waals surface area contributed by atoms with Gasteiger partial charge in [0.15, 0.2) is 0 Å². The summed E-state index contributed by atoms with van der Waals surface area (Å²) in [6, 6.07) is 8.67. The summed E-state index contributed by atoms with van der Waals surface area (Å²) in [6.07, 6.45) is 3.56. The molecule has 18 heavy (non-hydrogen) atoms. The molecular weight excluding hydrogens is 295 g/mol. The zero-order valence-corrected chi connectivity index (χ0v) is 11.6. The van der Waals surface area contributed by atoms with Gasteiger partial charge in [-0.3, -0.25) is 4.98 Å². The maximum atomic E-state index is 13.1. The highest BCUT2D eigenvalue weighted by Gasteiger charge is 2.16. The highest BCUT2D eigenvalue weighted by atomic mass is 79.9. The van der Waals surface area contributed by atoms with Crippen LogP contribution in [0.4, 0.5) is 4.39 Å². The van der Waals surface area contributed by atoms with Crippen molar-refractivity contribution in [1.29, 1.82) is 0 Å². The SMILES string of the molecule is CCNC(c1cccnc1)c1ccc(F)cc1Br. The number of rotatable bonds is 4. The van der Waals surface area contributed by atoms with Crippen molar-refractivity contribution in [2.24, 2.45) is 0 Å². The van der Waals surface area contributed by atoms with Crippen molar-refractivity contribution >= 4 is 15.9 Å². The average molecular weight is 309 g/mol. The molecule has 2 nitrogen and oxygen atoms in total. The van der Waals surface area contributed by atoms with Crippen molar-refractivity contribution in [2.75, 3.05) is 6.54 Å². The van der Waals surface area contributed by atoms with Crippen LogP contribution < -0.4 is 5.32 Å². The molecule has 0 aliphatic heterocycles. The van der Waals surface area contributed by atoms with Gasteiger partial charge >= 0.3 is 0 Å². The molecule has 1 heterocycles. The highest BCUT2D eigenvalue weighted by Crippen LogP contribution is 2.28. The fourth-order valence-electron chi connectivity index (χ4n) is 1.89. The summed E-state index contributed by atoms with van der Waals surface area (Å²) in [7, 11) is 0. The largest absolute Gasteiger partial charge is 0.306 e. The van der Waals surface area contributed by atoms with Crippen molar-refractivity contribution in [1.82, 2.24) is 10.3 Å². The van der Waals surface area contributed by atoms with Gasteiger partial charge in [0.2, 0.25) is 0 Å². The molecule has 1 unspecified atom stereocenters. The van der Waals surface area contributed by atoms with Crippen LogP contribution in [0.3, 0.4) is 0 Å². The Labute approximate surface area is 114 Å². The zero-order valence-electron chi connectivity index (χ0n) is 10.0. The molecule has 0 saturated heterocycles. The summed E-state index contributed by atoms with van der Waals surface area (Å²) >= 11 is 3.41. The number of pyridine rings is 1. The third-order valence-corrected chi connectivity index (χ3v) is 3.39. The molecule has 0 amide bonds. The molecule has 0 aliphatic rings. The van der Waals surface area contributed by atoms with E-state index in [1.165, 1.54) is 12.1 Å². The van der Waals surface area contributed by atoms with Gasteiger partial charge in [0.05, 0.1) is 6.04 Å². The van der Waals surface area contributed by atoms with Crippen LogP contribution in [0.15, 0.2) is 47.2 Å². The van der Waals surface area contributed by atoms with Crippen molar-refractivity contribution < 1.29 is 4.39 Å². The van der Waals surface area contributed by atoms with Gasteiger partial charge in [0.1, 0.15) is 5.82 Å². The summed E-state index contributed by atoms with van der Waals surface area (Å²) in [5, 5.41) is 3.38. The van der Waals surface area contributed by atoms with Crippen LogP contribution in [0.2, 0.25) is 0 Å². The molecule has 4 heteroatoms. The molecule has 0 aliphatic carbocycles. The minimum Gasteiger partial charge on any atom is -0.306 e. The number of nitrogens with one attached hydrogen (secondary N) is 1. The molecule has 1 aromatic heterocycles. The van der Waals surface area contributed by atoms with E-state index in [1.54, 1.807) is 12.3 Å². The molecule has 0 radical (unpaired) electrons. The first kappa shape index (κ1) is 13.2. The van der Waals surface area contributed by atoms with Gasteiger partial charge in [-0.05, 0) is 35.9 Å². The second-order valence-corrected chi connectivity index (χ2v) is 4.80. The highest BCUT2D eigenvalue weighted by molar-refractivity contribution is 9.10. The Kier molecular flexibility index (Phi) is 4.44. The summed E-state index contributed by atoms with van der Waals surface area (Å²) in [6.45, 7) is 2.87. The van der Waals surface area contributed by atoms with Gasteiger partial charge in [-0.15, -0.1) is 0 Å². The van der Waals surface area contributed by atoms with E-state index in [4.69, 9.17) is 0 Å². The van der Waals surface area contributed by atoms with Gasteiger partial charge in [-0.2, -0.15) is 0 Å². The first-order valence-corrected chi connectivity index (χ1v) is 6.60. The fraction of sp³-hybridized carbons (Fsp3) is 0.214. The van der Waals surface area contributed by atoms with Gasteiger partial charge in [0, 0.05) is 16.9 Å². The van der Waals surface area contributed by atoms with Crippen LogP contribution in [0, 0.1) is 5.82 Å². The van der Waals surface area contributed by atoms with Gasteiger partial charge < -0.3 is 5.32 Å². The van der Waals surface area contributed by atoms with E-state index in [9.17, 15) is 4.39 Å². The first-order valence-electron chi connectivity index (χ1n) is 5.80. The molecule has 1 aromatic carbocycles. The van der Waals surface area contributed by atoms with E-state index < -0.39 is 0 Å². The maximum absolute atomic E-state index is 13.1. The predicted molar refractivity (Wildman–Crippen MR) is 73.9 cm³/mol. The Morgan fingerprint density at radius 1 is 1.39 bits per heavy atom. The Morgan fingerprint density at radius 3 is 2.83 bits per heavy atom. The predicted octanol–water partition coefficient (Wildman–Crippen LogP) is 3.68. The molecule has 0 saturated carbocycles.